The van der Waals surface area contributed by atoms with Gasteiger partial charge in [-0.2, -0.15) is 10.5 Å². The number of amides is 2. The molecule has 0 bridgehead atoms. The summed E-state index contributed by atoms with van der Waals surface area (Å²) >= 11 is 0. The summed E-state index contributed by atoms with van der Waals surface area (Å²) in [5, 5.41) is 21.2. The molecule has 21 heavy (non-hydrogen) atoms. The van der Waals surface area contributed by atoms with Crippen LogP contribution < -0.4 is 5.32 Å². The Morgan fingerprint density at radius 1 is 1.10 bits per heavy atom. The number of imide groups is 1. The number of fused-ring (bicyclic) bond motifs is 1. The number of hydrogen-bond acceptors (Lipinski definition) is 4. The van der Waals surface area contributed by atoms with Crippen molar-refractivity contribution in [2.24, 2.45) is 10.8 Å². The minimum Gasteiger partial charge on any atom is -0.293 e. The van der Waals surface area contributed by atoms with Crippen LogP contribution in [0.5, 0.6) is 0 Å². The Hall–Kier alpha value is -2.73. The van der Waals surface area contributed by atoms with Gasteiger partial charge in [-0.1, -0.05) is 19.1 Å². The molecule has 2 amide bonds. The molecule has 0 spiro atoms. The molecule has 1 saturated carbocycles. The normalized spacial score (nSPS) is 36.4. The molecule has 1 N–H and O–H groups in total. The summed E-state index contributed by atoms with van der Waals surface area (Å²) in [4.78, 5) is 24.4. The van der Waals surface area contributed by atoms with Gasteiger partial charge in [0, 0.05) is 0 Å². The maximum Gasteiger partial charge on any atom is 0.250 e. The Morgan fingerprint density at radius 2 is 1.57 bits per heavy atom. The number of carbonyl (C=O) groups excluding carboxylic acids is 2. The number of nitrogens with one attached hydrogen (secondary N) is 1. The van der Waals surface area contributed by atoms with Crippen LogP contribution in [0.1, 0.15) is 18.9 Å². The van der Waals surface area contributed by atoms with Crippen LogP contribution in [0.2, 0.25) is 0 Å². The molecule has 3 rings (SSSR count). The van der Waals surface area contributed by atoms with E-state index in [0.29, 0.717) is 5.56 Å². The Labute approximate surface area is 120 Å². The first-order chi connectivity index (χ1) is 9.98. The highest BCUT2D eigenvalue weighted by Gasteiger charge is 2.98. The molecule has 6 heteroatoms. The van der Waals surface area contributed by atoms with E-state index in [9.17, 15) is 24.5 Å². The van der Waals surface area contributed by atoms with Crippen LogP contribution in [0.15, 0.2) is 24.3 Å². The van der Waals surface area contributed by atoms with Crippen LogP contribution >= 0.6 is 0 Å². The number of benzene rings is 1. The Morgan fingerprint density at radius 3 is 1.95 bits per heavy atom. The van der Waals surface area contributed by atoms with Crippen molar-refractivity contribution in [3.63, 3.8) is 0 Å². The molecular weight excluding hydrogens is 273 g/mol. The predicted octanol–water partition coefficient (Wildman–Crippen LogP) is 1.16. The molecule has 104 valence electrons. The zero-order valence-electron chi connectivity index (χ0n) is 11.1. The highest BCUT2D eigenvalue weighted by molar-refractivity contribution is 6.21. The highest BCUT2D eigenvalue weighted by Crippen LogP contribution is 2.81. The number of carbonyl (C=O) groups is 2. The van der Waals surface area contributed by atoms with E-state index in [0.717, 1.165) is 0 Å². The lowest BCUT2D eigenvalue weighted by molar-refractivity contribution is -0.129. The molecule has 0 radical (unpaired) electrons. The molecule has 3 atom stereocenters. The SMILES string of the molecule is CCC1(c2ccc(F)cc2)[C@]2(C#N)C(=O)NC(=O)[C@]12C#N. The summed E-state index contributed by atoms with van der Waals surface area (Å²) < 4.78 is 13.1. The van der Waals surface area contributed by atoms with Gasteiger partial charge < -0.3 is 0 Å². The highest BCUT2D eigenvalue weighted by atomic mass is 19.1. The maximum atomic E-state index is 13.1. The first kappa shape index (κ1) is 13.3. The van der Waals surface area contributed by atoms with Gasteiger partial charge in [-0.15, -0.1) is 0 Å². The van der Waals surface area contributed by atoms with Crippen LogP contribution in [-0.4, -0.2) is 11.8 Å². The number of piperidine rings is 1. The van der Waals surface area contributed by atoms with Gasteiger partial charge in [0.05, 0.1) is 17.6 Å². The molecule has 0 aromatic heterocycles. The van der Waals surface area contributed by atoms with Crippen molar-refractivity contribution in [1.29, 1.82) is 10.5 Å². The fourth-order valence-electron chi connectivity index (χ4n) is 4.01. The second kappa shape index (κ2) is 3.67. The van der Waals surface area contributed by atoms with Gasteiger partial charge in [-0.05, 0) is 24.1 Å². The van der Waals surface area contributed by atoms with E-state index in [4.69, 9.17) is 0 Å². The predicted molar refractivity (Wildman–Crippen MR) is 67.6 cm³/mol. The van der Waals surface area contributed by atoms with E-state index in [2.05, 4.69) is 5.32 Å². The van der Waals surface area contributed by atoms with Gasteiger partial charge in [0.25, 0.3) is 0 Å². The number of hydrogen-bond donors (Lipinski definition) is 1. The largest absolute Gasteiger partial charge is 0.293 e. The van der Waals surface area contributed by atoms with Gasteiger partial charge in [0.15, 0.2) is 10.8 Å². The van der Waals surface area contributed by atoms with Crippen LogP contribution in [0, 0.1) is 39.3 Å². The maximum absolute atomic E-state index is 13.1. The molecule has 1 saturated heterocycles. The fourth-order valence-corrected chi connectivity index (χ4v) is 4.01. The van der Waals surface area contributed by atoms with Crippen LogP contribution in [0.4, 0.5) is 4.39 Å². The quantitative estimate of drug-likeness (QED) is 0.824. The van der Waals surface area contributed by atoms with Crippen molar-refractivity contribution in [2.45, 2.75) is 18.8 Å². The van der Waals surface area contributed by atoms with E-state index in [1.807, 2.05) is 12.1 Å². The third kappa shape index (κ3) is 1.01. The van der Waals surface area contributed by atoms with E-state index >= 15 is 0 Å². The van der Waals surface area contributed by atoms with Crippen molar-refractivity contribution in [3.8, 4) is 12.1 Å². The second-order valence-electron chi connectivity index (χ2n) is 5.27. The zero-order chi connectivity index (χ0) is 15.5. The third-order valence-electron chi connectivity index (χ3n) is 4.89. The molecule has 1 heterocycles. The number of nitrogens with zero attached hydrogens (tertiary/aromatic N) is 2. The van der Waals surface area contributed by atoms with Crippen LogP contribution in [0.25, 0.3) is 0 Å². The average Bonchev–Trinajstić information content (AvgIpc) is 2.97. The first-order valence-electron chi connectivity index (χ1n) is 6.43. The summed E-state index contributed by atoms with van der Waals surface area (Å²) in [7, 11) is 0. The summed E-state index contributed by atoms with van der Waals surface area (Å²) in [5.41, 5.74) is -4.24. The monoisotopic (exact) mass is 283 g/mol. The van der Waals surface area contributed by atoms with Gasteiger partial charge in [-0.25, -0.2) is 4.39 Å². The molecule has 1 aliphatic heterocycles. The fraction of sp³-hybridized carbons (Fsp3) is 0.333. The molecule has 1 unspecified atom stereocenters. The molecule has 1 aromatic carbocycles. The molecule has 5 nitrogen and oxygen atoms in total. The Bertz CT molecular complexity index is 721. The van der Waals surface area contributed by atoms with Gasteiger partial charge >= 0.3 is 0 Å². The molecule has 1 aromatic rings. The summed E-state index contributed by atoms with van der Waals surface area (Å²) in [6, 6.07) is 9.02. The van der Waals surface area contributed by atoms with Crippen molar-refractivity contribution in [1.82, 2.24) is 5.32 Å². The summed E-state index contributed by atoms with van der Waals surface area (Å²) in [6.07, 6.45) is 0.249. The van der Waals surface area contributed by atoms with E-state index in [-0.39, 0.29) is 6.42 Å². The van der Waals surface area contributed by atoms with Crippen LogP contribution in [-0.2, 0) is 15.0 Å². The lowest BCUT2D eigenvalue weighted by Crippen LogP contribution is -2.39. The Kier molecular flexibility index (Phi) is 2.32. The van der Waals surface area contributed by atoms with E-state index in [1.165, 1.54) is 24.3 Å². The summed E-state index contributed by atoms with van der Waals surface area (Å²) in [6.45, 7) is 1.71. The van der Waals surface area contributed by atoms with Crippen molar-refractivity contribution in [3.05, 3.63) is 35.6 Å². The van der Waals surface area contributed by atoms with Gasteiger partial charge in [-0.3, -0.25) is 14.9 Å². The summed E-state index contributed by atoms with van der Waals surface area (Å²) in [5.74, 6) is -1.96. The number of nitriles is 2. The Balaban J connectivity index is 2.33. The van der Waals surface area contributed by atoms with Crippen molar-refractivity contribution in [2.75, 3.05) is 0 Å². The molecule has 2 aliphatic rings. The molecule has 1 aliphatic carbocycles. The number of halogens is 1. The minimum atomic E-state index is -1.74. The van der Waals surface area contributed by atoms with Crippen molar-refractivity contribution >= 4 is 11.8 Å². The minimum absolute atomic E-state index is 0.249. The second-order valence-corrected chi connectivity index (χ2v) is 5.27. The smallest absolute Gasteiger partial charge is 0.250 e. The first-order valence-corrected chi connectivity index (χ1v) is 6.43. The van der Waals surface area contributed by atoms with E-state index in [1.54, 1.807) is 6.92 Å². The average molecular weight is 283 g/mol. The topological polar surface area (TPSA) is 93.8 Å². The lowest BCUT2D eigenvalue weighted by Gasteiger charge is -2.21. The number of rotatable bonds is 2. The third-order valence-corrected chi connectivity index (χ3v) is 4.89. The van der Waals surface area contributed by atoms with Crippen LogP contribution in [0.3, 0.4) is 0 Å². The zero-order valence-corrected chi connectivity index (χ0v) is 11.1. The van der Waals surface area contributed by atoms with Gasteiger partial charge in [0.1, 0.15) is 5.82 Å². The van der Waals surface area contributed by atoms with E-state index < -0.39 is 33.9 Å². The van der Waals surface area contributed by atoms with Gasteiger partial charge in [0.2, 0.25) is 11.8 Å². The van der Waals surface area contributed by atoms with Crippen molar-refractivity contribution < 1.29 is 14.0 Å². The standard InChI is InChI=1S/C15H10FN3O2/c1-2-13(9-3-5-10(16)6-4-9)14(7-17)11(20)19-12(21)15(13,14)8-18/h3-6H,2H2,1H3,(H,19,20,21)/t13?,14-,15+. The lowest BCUT2D eigenvalue weighted by atomic mass is 9.81. The molecular formula is C15H10FN3O2. The molecule has 2 fully saturated rings.